The number of rotatable bonds is 1. The van der Waals surface area contributed by atoms with E-state index in [-0.39, 0.29) is 5.78 Å². The summed E-state index contributed by atoms with van der Waals surface area (Å²) in [5.74, 6) is -0.621. The molecular formula is C12H8O3. The topological polar surface area (TPSA) is 43.4 Å². The molecular weight excluding hydrogens is 192 g/mol. The molecule has 0 heterocycles. The van der Waals surface area contributed by atoms with Gasteiger partial charge in [0.05, 0.1) is 7.11 Å². The van der Waals surface area contributed by atoms with Gasteiger partial charge in [-0.2, -0.15) is 0 Å². The second-order valence-electron chi connectivity index (χ2n) is 3.07. The van der Waals surface area contributed by atoms with E-state index in [9.17, 15) is 9.59 Å². The van der Waals surface area contributed by atoms with Gasteiger partial charge in [-0.15, -0.1) is 5.73 Å². The maximum absolute atomic E-state index is 11.5. The fraction of sp³-hybridized carbons (Fsp3) is 0.0833. The number of hydrogen-bond donors (Lipinski definition) is 0. The predicted octanol–water partition coefficient (Wildman–Crippen LogP) is 1.59. The van der Waals surface area contributed by atoms with Crippen LogP contribution in [0, 0.1) is 0 Å². The van der Waals surface area contributed by atoms with Crippen molar-refractivity contribution in [2.24, 2.45) is 0 Å². The third kappa shape index (κ3) is 1.49. The lowest BCUT2D eigenvalue weighted by atomic mass is 9.94. The first-order chi connectivity index (χ1) is 7.24. The molecule has 1 aromatic rings. The summed E-state index contributed by atoms with van der Waals surface area (Å²) in [6.07, 6.45) is 1.26. The lowest BCUT2D eigenvalue weighted by Gasteiger charge is -2.10. The highest BCUT2D eigenvalue weighted by molar-refractivity contribution is 6.23. The van der Waals surface area contributed by atoms with E-state index in [0.29, 0.717) is 16.7 Å². The zero-order chi connectivity index (χ0) is 10.8. The van der Waals surface area contributed by atoms with Crippen LogP contribution in [0.1, 0.15) is 15.9 Å². The van der Waals surface area contributed by atoms with Crippen LogP contribution in [0.25, 0.3) is 5.57 Å². The van der Waals surface area contributed by atoms with Gasteiger partial charge in [0, 0.05) is 17.2 Å². The summed E-state index contributed by atoms with van der Waals surface area (Å²) in [6.45, 7) is 0. The Labute approximate surface area is 86.7 Å². The van der Waals surface area contributed by atoms with Crippen LogP contribution in [0.4, 0.5) is 0 Å². The summed E-state index contributed by atoms with van der Waals surface area (Å²) < 4.78 is 4.61. The van der Waals surface area contributed by atoms with Crippen LogP contribution in [-0.4, -0.2) is 18.9 Å². The highest BCUT2D eigenvalue weighted by atomic mass is 16.5. The molecule has 3 nitrogen and oxygen atoms in total. The summed E-state index contributed by atoms with van der Waals surface area (Å²) in [5.41, 5.74) is 4.03. The van der Waals surface area contributed by atoms with E-state index in [2.05, 4.69) is 10.5 Å². The van der Waals surface area contributed by atoms with Gasteiger partial charge in [-0.1, -0.05) is 24.3 Å². The van der Waals surface area contributed by atoms with Crippen molar-refractivity contribution < 1.29 is 14.3 Å². The van der Waals surface area contributed by atoms with Gasteiger partial charge in [-0.05, 0) is 0 Å². The first-order valence-electron chi connectivity index (χ1n) is 4.43. The number of esters is 1. The second kappa shape index (κ2) is 3.56. The SMILES string of the molecule is COC(=O)C1=C=CC(=O)c2ccccc21. The number of carbonyl (C=O) groups excluding carboxylic acids is 2. The van der Waals surface area contributed by atoms with E-state index < -0.39 is 5.97 Å². The summed E-state index contributed by atoms with van der Waals surface area (Å²) in [4.78, 5) is 22.8. The van der Waals surface area contributed by atoms with Gasteiger partial charge >= 0.3 is 5.97 Å². The molecule has 3 heteroatoms. The minimum Gasteiger partial charge on any atom is -0.465 e. The molecule has 1 aromatic carbocycles. The highest BCUT2D eigenvalue weighted by Crippen LogP contribution is 2.23. The van der Waals surface area contributed by atoms with Crippen LogP contribution in [-0.2, 0) is 9.53 Å². The van der Waals surface area contributed by atoms with Gasteiger partial charge in [-0.25, -0.2) is 4.79 Å². The lowest BCUT2D eigenvalue weighted by molar-refractivity contribution is -0.133. The van der Waals surface area contributed by atoms with Gasteiger partial charge < -0.3 is 4.74 Å². The van der Waals surface area contributed by atoms with Crippen LogP contribution >= 0.6 is 0 Å². The monoisotopic (exact) mass is 200 g/mol. The Morgan fingerprint density at radius 2 is 1.93 bits per heavy atom. The molecule has 0 aromatic heterocycles. The summed E-state index contributed by atoms with van der Waals surface area (Å²) in [7, 11) is 1.30. The molecule has 0 saturated carbocycles. The molecule has 0 spiro atoms. The van der Waals surface area contributed by atoms with E-state index in [0.717, 1.165) is 0 Å². The van der Waals surface area contributed by atoms with Crippen molar-refractivity contribution in [2.75, 3.05) is 7.11 Å². The molecule has 1 aliphatic carbocycles. The number of fused-ring (bicyclic) bond motifs is 1. The van der Waals surface area contributed by atoms with Crippen molar-refractivity contribution in [1.82, 2.24) is 0 Å². The number of hydrogen-bond acceptors (Lipinski definition) is 3. The maximum Gasteiger partial charge on any atom is 0.346 e. The third-order valence-corrected chi connectivity index (χ3v) is 2.20. The van der Waals surface area contributed by atoms with Crippen molar-refractivity contribution in [3.8, 4) is 0 Å². The largest absolute Gasteiger partial charge is 0.465 e. The zero-order valence-corrected chi connectivity index (χ0v) is 8.11. The molecule has 0 amide bonds. The van der Waals surface area contributed by atoms with E-state index in [1.54, 1.807) is 24.3 Å². The number of benzene rings is 1. The average molecular weight is 200 g/mol. The molecule has 1 aliphatic rings. The Kier molecular flexibility index (Phi) is 2.24. The fourth-order valence-electron chi connectivity index (χ4n) is 1.48. The Hall–Kier alpha value is -2.12. The van der Waals surface area contributed by atoms with Gasteiger partial charge in [0.25, 0.3) is 0 Å². The van der Waals surface area contributed by atoms with E-state index in [1.807, 2.05) is 0 Å². The minimum atomic E-state index is -0.480. The third-order valence-electron chi connectivity index (χ3n) is 2.20. The van der Waals surface area contributed by atoms with Crippen molar-refractivity contribution in [3.05, 3.63) is 47.2 Å². The molecule has 74 valence electrons. The van der Waals surface area contributed by atoms with Crippen LogP contribution in [0.15, 0.2) is 36.1 Å². The van der Waals surface area contributed by atoms with E-state index >= 15 is 0 Å². The number of carbonyl (C=O) groups is 2. The van der Waals surface area contributed by atoms with Crippen molar-refractivity contribution in [3.63, 3.8) is 0 Å². The first kappa shape index (κ1) is 9.44. The van der Waals surface area contributed by atoms with Crippen molar-refractivity contribution in [2.45, 2.75) is 0 Å². The Balaban J connectivity index is 2.64. The predicted molar refractivity (Wildman–Crippen MR) is 54.3 cm³/mol. The Bertz CT molecular complexity index is 505. The van der Waals surface area contributed by atoms with Crippen molar-refractivity contribution in [1.29, 1.82) is 0 Å². The molecule has 0 unspecified atom stereocenters. The maximum atomic E-state index is 11.5. The molecule has 0 aliphatic heterocycles. The molecule has 0 saturated heterocycles. The highest BCUT2D eigenvalue weighted by Gasteiger charge is 2.20. The van der Waals surface area contributed by atoms with Gasteiger partial charge in [0.2, 0.25) is 0 Å². The van der Waals surface area contributed by atoms with Gasteiger partial charge in [-0.3, -0.25) is 4.79 Å². The first-order valence-corrected chi connectivity index (χ1v) is 4.43. The van der Waals surface area contributed by atoms with Crippen LogP contribution in [0.3, 0.4) is 0 Å². The van der Waals surface area contributed by atoms with E-state index in [4.69, 9.17) is 0 Å². The quantitative estimate of drug-likeness (QED) is 0.510. The average Bonchev–Trinajstić information content (AvgIpc) is 2.29. The zero-order valence-electron chi connectivity index (χ0n) is 8.11. The molecule has 0 atom stereocenters. The summed E-state index contributed by atoms with van der Waals surface area (Å²) >= 11 is 0. The van der Waals surface area contributed by atoms with Gasteiger partial charge in [0.1, 0.15) is 5.57 Å². The standard InChI is InChI=1S/C12H8O3/c1-15-12(14)10-6-7-11(13)9-5-3-2-4-8(9)10/h2-5,7H,1H3. The van der Waals surface area contributed by atoms with Crippen LogP contribution in [0.5, 0.6) is 0 Å². The normalized spacial score (nSPS) is 13.1. The molecule has 0 radical (unpaired) electrons. The molecule has 0 N–H and O–H groups in total. The van der Waals surface area contributed by atoms with Crippen LogP contribution in [0.2, 0.25) is 0 Å². The smallest absolute Gasteiger partial charge is 0.346 e. The molecule has 0 fully saturated rings. The minimum absolute atomic E-state index is 0.141. The molecule has 2 rings (SSSR count). The number of methoxy groups -OCH3 is 1. The van der Waals surface area contributed by atoms with Gasteiger partial charge in [0.15, 0.2) is 5.78 Å². The Morgan fingerprint density at radius 3 is 2.60 bits per heavy atom. The summed E-state index contributed by atoms with van der Waals surface area (Å²) in [5, 5.41) is 0. The number of ketones is 1. The molecule has 0 bridgehead atoms. The van der Waals surface area contributed by atoms with E-state index in [1.165, 1.54) is 13.2 Å². The lowest BCUT2D eigenvalue weighted by Crippen LogP contribution is -2.10. The fourth-order valence-corrected chi connectivity index (χ4v) is 1.48. The Morgan fingerprint density at radius 1 is 1.27 bits per heavy atom. The molecule has 15 heavy (non-hydrogen) atoms. The van der Waals surface area contributed by atoms with Crippen molar-refractivity contribution >= 4 is 17.3 Å². The second-order valence-corrected chi connectivity index (χ2v) is 3.07. The van der Waals surface area contributed by atoms with Crippen LogP contribution < -0.4 is 0 Å². The summed E-state index contributed by atoms with van der Waals surface area (Å²) in [6, 6.07) is 6.91. The number of ether oxygens (including phenoxy) is 1.